The molecule has 0 aliphatic heterocycles. The Morgan fingerprint density at radius 2 is 1.84 bits per heavy atom. The van der Waals surface area contributed by atoms with Crippen molar-refractivity contribution < 1.29 is 19.1 Å². The van der Waals surface area contributed by atoms with E-state index < -0.39 is 6.04 Å². The van der Waals surface area contributed by atoms with E-state index in [-0.39, 0.29) is 18.1 Å². The number of anilines is 1. The van der Waals surface area contributed by atoms with Crippen molar-refractivity contribution in [1.29, 1.82) is 0 Å². The Kier molecular flexibility index (Phi) is 6.99. The van der Waals surface area contributed by atoms with Gasteiger partial charge in [-0.25, -0.2) is 0 Å². The second-order valence-electron chi connectivity index (χ2n) is 7.04. The molecule has 0 spiro atoms. The van der Waals surface area contributed by atoms with Crippen molar-refractivity contribution in [3.05, 3.63) is 83.2 Å². The van der Waals surface area contributed by atoms with E-state index in [9.17, 15) is 9.59 Å². The lowest BCUT2D eigenvalue weighted by atomic mass is 9.94. The summed E-state index contributed by atoms with van der Waals surface area (Å²) in [4.78, 5) is 29.7. The number of Topliss-reactive ketones (excluding diaryl/α,β-unsaturated/α-hetero) is 1. The van der Waals surface area contributed by atoms with E-state index in [1.165, 1.54) is 6.20 Å². The van der Waals surface area contributed by atoms with Gasteiger partial charge in [0.1, 0.15) is 0 Å². The van der Waals surface area contributed by atoms with Gasteiger partial charge in [0.05, 0.1) is 25.5 Å². The minimum Gasteiger partial charge on any atom is -0.493 e. The molecule has 3 aromatic rings. The Morgan fingerprint density at radius 3 is 2.52 bits per heavy atom. The molecule has 0 saturated carbocycles. The fourth-order valence-electron chi connectivity index (χ4n) is 3.34. The predicted octanol–water partition coefficient (Wildman–Crippen LogP) is 3.93. The van der Waals surface area contributed by atoms with E-state index in [0.29, 0.717) is 28.3 Å². The van der Waals surface area contributed by atoms with E-state index in [1.54, 1.807) is 56.8 Å². The number of amides is 1. The molecule has 0 saturated heterocycles. The summed E-state index contributed by atoms with van der Waals surface area (Å²) in [7, 11) is 3.10. The summed E-state index contributed by atoms with van der Waals surface area (Å²) in [6.45, 7) is 1.83. The van der Waals surface area contributed by atoms with Gasteiger partial charge in [0.15, 0.2) is 17.3 Å². The molecule has 0 aliphatic rings. The first kappa shape index (κ1) is 22.0. The van der Waals surface area contributed by atoms with Crippen LogP contribution in [0.1, 0.15) is 44.3 Å². The molecule has 0 bridgehead atoms. The number of nitrogens with one attached hydrogen (secondary N) is 1. The monoisotopic (exact) mass is 419 g/mol. The molecule has 2 aromatic carbocycles. The third kappa shape index (κ3) is 5.07. The van der Waals surface area contributed by atoms with Crippen LogP contribution in [0.25, 0.3) is 0 Å². The number of ether oxygens (including phenoxy) is 2. The smallest absolute Gasteiger partial charge is 0.257 e. The van der Waals surface area contributed by atoms with Crippen LogP contribution in [0, 0.1) is 6.92 Å². The molecule has 1 heterocycles. The average Bonchev–Trinajstić information content (AvgIpc) is 2.79. The maximum atomic E-state index is 13.2. The number of aromatic nitrogens is 1. The quantitative estimate of drug-likeness (QED) is 0.536. The summed E-state index contributed by atoms with van der Waals surface area (Å²) in [6.07, 6.45) is 3.13. The Hall–Kier alpha value is -3.71. The molecular weight excluding hydrogens is 394 g/mol. The number of benzene rings is 2. The van der Waals surface area contributed by atoms with Gasteiger partial charge in [-0.2, -0.15) is 0 Å². The Morgan fingerprint density at radius 1 is 1.06 bits per heavy atom. The number of hydrogen-bond acceptors (Lipinski definition) is 6. The van der Waals surface area contributed by atoms with Gasteiger partial charge >= 0.3 is 0 Å². The first-order chi connectivity index (χ1) is 14.9. The first-order valence-electron chi connectivity index (χ1n) is 9.76. The summed E-state index contributed by atoms with van der Waals surface area (Å²) in [5, 5.41) is 2.82. The molecule has 7 heteroatoms. The molecule has 0 fully saturated rings. The van der Waals surface area contributed by atoms with Crippen molar-refractivity contribution in [2.45, 2.75) is 19.4 Å². The van der Waals surface area contributed by atoms with Crippen molar-refractivity contribution in [1.82, 2.24) is 4.98 Å². The summed E-state index contributed by atoms with van der Waals surface area (Å²) >= 11 is 0. The number of nitrogens with zero attached hydrogens (tertiary/aromatic N) is 1. The molecule has 7 nitrogen and oxygen atoms in total. The fourth-order valence-corrected chi connectivity index (χ4v) is 3.34. The van der Waals surface area contributed by atoms with E-state index in [0.717, 1.165) is 11.1 Å². The minimum atomic E-state index is -0.547. The SMILES string of the molecule is COc1ccc(C(N)CC(=O)c2c(C)cccc2NC(=O)c2cccnc2)cc1OC. The zero-order valence-electron chi connectivity index (χ0n) is 17.7. The molecule has 1 unspecified atom stereocenters. The molecule has 0 radical (unpaired) electrons. The highest BCUT2D eigenvalue weighted by Crippen LogP contribution is 2.31. The lowest BCUT2D eigenvalue weighted by Gasteiger charge is -2.17. The molecule has 1 atom stereocenters. The van der Waals surface area contributed by atoms with E-state index >= 15 is 0 Å². The molecule has 31 heavy (non-hydrogen) atoms. The maximum Gasteiger partial charge on any atom is 0.257 e. The van der Waals surface area contributed by atoms with Gasteiger partial charge in [0.25, 0.3) is 5.91 Å². The van der Waals surface area contributed by atoms with E-state index in [2.05, 4.69) is 10.3 Å². The molecule has 1 amide bonds. The maximum absolute atomic E-state index is 13.2. The van der Waals surface area contributed by atoms with Gasteiger partial charge in [0, 0.05) is 30.4 Å². The molecule has 0 aliphatic carbocycles. The highest BCUT2D eigenvalue weighted by atomic mass is 16.5. The standard InChI is InChI=1S/C24H25N3O4/c1-15-6-4-8-19(27-24(29)17-7-5-11-26-14-17)23(15)20(28)13-18(25)16-9-10-21(30-2)22(12-16)31-3/h4-12,14,18H,13,25H2,1-3H3,(H,27,29). The van der Waals surface area contributed by atoms with Crippen LogP contribution in [-0.2, 0) is 0 Å². The lowest BCUT2D eigenvalue weighted by Crippen LogP contribution is -2.19. The fraction of sp³-hybridized carbons (Fsp3) is 0.208. The normalized spacial score (nSPS) is 11.5. The number of ketones is 1. The Bertz CT molecular complexity index is 1080. The number of rotatable bonds is 8. The largest absolute Gasteiger partial charge is 0.493 e. The van der Waals surface area contributed by atoms with Crippen LogP contribution in [0.5, 0.6) is 11.5 Å². The van der Waals surface area contributed by atoms with E-state index in [4.69, 9.17) is 15.2 Å². The van der Waals surface area contributed by atoms with Crippen LogP contribution < -0.4 is 20.5 Å². The van der Waals surface area contributed by atoms with Gasteiger partial charge in [-0.15, -0.1) is 0 Å². The first-order valence-corrected chi connectivity index (χ1v) is 9.76. The third-order valence-corrected chi connectivity index (χ3v) is 4.96. The molecule has 1 aromatic heterocycles. The summed E-state index contributed by atoms with van der Waals surface area (Å²) < 4.78 is 10.6. The van der Waals surface area contributed by atoms with Crippen LogP contribution in [0.15, 0.2) is 60.9 Å². The van der Waals surface area contributed by atoms with Crippen molar-refractivity contribution in [2.75, 3.05) is 19.5 Å². The lowest BCUT2D eigenvalue weighted by molar-refractivity contribution is 0.0974. The van der Waals surface area contributed by atoms with Gasteiger partial charge < -0.3 is 20.5 Å². The van der Waals surface area contributed by atoms with Crippen LogP contribution in [0.2, 0.25) is 0 Å². The van der Waals surface area contributed by atoms with Gasteiger partial charge in [-0.1, -0.05) is 18.2 Å². The Balaban J connectivity index is 1.82. The van der Waals surface area contributed by atoms with Crippen molar-refractivity contribution in [3.63, 3.8) is 0 Å². The summed E-state index contributed by atoms with van der Waals surface area (Å²) in [5.74, 6) is 0.631. The number of nitrogens with two attached hydrogens (primary N) is 1. The number of pyridine rings is 1. The topological polar surface area (TPSA) is 104 Å². The van der Waals surface area contributed by atoms with Crippen LogP contribution >= 0.6 is 0 Å². The zero-order valence-corrected chi connectivity index (χ0v) is 17.7. The minimum absolute atomic E-state index is 0.0656. The predicted molar refractivity (Wildman–Crippen MR) is 119 cm³/mol. The zero-order chi connectivity index (χ0) is 22.4. The molecule has 160 valence electrons. The second-order valence-corrected chi connectivity index (χ2v) is 7.04. The van der Waals surface area contributed by atoms with Gasteiger partial charge in [0.2, 0.25) is 0 Å². The van der Waals surface area contributed by atoms with Gasteiger partial charge in [-0.3, -0.25) is 14.6 Å². The molecule has 3 N–H and O–H groups in total. The highest BCUT2D eigenvalue weighted by Gasteiger charge is 2.21. The highest BCUT2D eigenvalue weighted by molar-refractivity contribution is 6.10. The van der Waals surface area contributed by atoms with Crippen LogP contribution in [0.3, 0.4) is 0 Å². The van der Waals surface area contributed by atoms with E-state index in [1.807, 2.05) is 19.1 Å². The molecule has 3 rings (SSSR count). The summed E-state index contributed by atoms with van der Waals surface area (Å²) in [6, 6.07) is 13.4. The average molecular weight is 419 g/mol. The third-order valence-electron chi connectivity index (χ3n) is 4.96. The second kappa shape index (κ2) is 9.86. The molecular formula is C24H25N3O4. The number of aryl methyl sites for hydroxylation is 1. The summed E-state index contributed by atoms with van der Waals surface area (Å²) in [5.41, 5.74) is 9.13. The number of carbonyl (C=O) groups excluding carboxylic acids is 2. The number of hydrogen-bond donors (Lipinski definition) is 2. The van der Waals surface area contributed by atoms with Crippen molar-refractivity contribution in [2.24, 2.45) is 5.73 Å². The van der Waals surface area contributed by atoms with Crippen molar-refractivity contribution >= 4 is 17.4 Å². The van der Waals surface area contributed by atoms with Crippen LogP contribution in [0.4, 0.5) is 5.69 Å². The number of carbonyl (C=O) groups is 2. The van der Waals surface area contributed by atoms with Gasteiger partial charge in [-0.05, 0) is 48.4 Å². The van der Waals surface area contributed by atoms with Crippen LogP contribution in [-0.4, -0.2) is 30.9 Å². The Labute approximate surface area is 181 Å². The van der Waals surface area contributed by atoms with Crippen molar-refractivity contribution in [3.8, 4) is 11.5 Å². The number of methoxy groups -OCH3 is 2.